The lowest BCUT2D eigenvalue weighted by Gasteiger charge is -2.52. The molecule has 0 N–H and O–H groups in total. The van der Waals surface area contributed by atoms with E-state index in [1.165, 1.54) is 31.7 Å². The van der Waals surface area contributed by atoms with Crippen LogP contribution in [0.3, 0.4) is 0 Å². The minimum atomic E-state index is -0.226. The highest BCUT2D eigenvalue weighted by molar-refractivity contribution is 7.99. The van der Waals surface area contributed by atoms with Gasteiger partial charge in [0.15, 0.2) is 0 Å². The Morgan fingerprint density at radius 2 is 2.09 bits per heavy atom. The summed E-state index contributed by atoms with van der Waals surface area (Å²) in [6.07, 6.45) is 6.74. The van der Waals surface area contributed by atoms with Crippen LogP contribution in [0.5, 0.6) is 0 Å². The van der Waals surface area contributed by atoms with Crippen molar-refractivity contribution in [2.45, 2.75) is 51.5 Å². The van der Waals surface area contributed by atoms with Gasteiger partial charge in [-0.3, -0.25) is 0 Å². The van der Waals surface area contributed by atoms with E-state index in [9.17, 15) is 4.39 Å². The molecule has 23 heavy (non-hydrogen) atoms. The van der Waals surface area contributed by atoms with Gasteiger partial charge in [-0.2, -0.15) is 0 Å². The third-order valence-corrected chi connectivity index (χ3v) is 6.75. The van der Waals surface area contributed by atoms with Crippen LogP contribution in [-0.4, -0.2) is 15.7 Å². The third-order valence-electron chi connectivity index (χ3n) is 5.66. The van der Waals surface area contributed by atoms with Crippen LogP contribution >= 0.6 is 11.8 Å². The molecule has 2 aromatic rings. The number of halogens is 1. The zero-order valence-corrected chi connectivity index (χ0v) is 15.0. The second-order valence-electron chi connectivity index (χ2n) is 7.19. The van der Waals surface area contributed by atoms with Crippen molar-refractivity contribution < 1.29 is 4.39 Å². The number of fused-ring (bicyclic) bond motifs is 1. The second kappa shape index (κ2) is 6.76. The molecule has 1 heterocycles. The van der Waals surface area contributed by atoms with Gasteiger partial charge in [-0.05, 0) is 60.5 Å². The first kappa shape index (κ1) is 16.7. The highest BCUT2D eigenvalue weighted by Gasteiger charge is 2.45. The Morgan fingerprint density at radius 1 is 1.26 bits per heavy atom. The number of hydrogen-bond acceptors (Lipinski definition) is 3. The van der Waals surface area contributed by atoms with E-state index in [1.54, 1.807) is 30.2 Å². The molecule has 0 aliphatic heterocycles. The first-order valence-electron chi connectivity index (χ1n) is 8.55. The Hall–Kier alpha value is -1.16. The SMILES string of the molecule is CCC1CC(CCCSc2ncnc3ccc(F)cc23)C1(C)C. The molecule has 1 aliphatic rings. The van der Waals surface area contributed by atoms with Crippen LogP contribution in [0.25, 0.3) is 10.9 Å². The Labute approximate surface area is 142 Å². The molecule has 1 aliphatic carbocycles. The van der Waals surface area contributed by atoms with Gasteiger partial charge < -0.3 is 0 Å². The molecule has 0 radical (unpaired) electrons. The average molecular weight is 332 g/mol. The molecule has 0 saturated heterocycles. The summed E-state index contributed by atoms with van der Waals surface area (Å²) in [5.41, 5.74) is 1.32. The van der Waals surface area contributed by atoms with Crippen molar-refractivity contribution in [1.82, 2.24) is 9.97 Å². The first-order chi connectivity index (χ1) is 11.0. The van der Waals surface area contributed by atoms with E-state index >= 15 is 0 Å². The van der Waals surface area contributed by atoms with E-state index in [0.29, 0.717) is 5.41 Å². The van der Waals surface area contributed by atoms with Crippen LogP contribution in [0.15, 0.2) is 29.6 Å². The summed E-state index contributed by atoms with van der Waals surface area (Å²) in [7, 11) is 0. The highest BCUT2D eigenvalue weighted by Crippen LogP contribution is 2.54. The lowest BCUT2D eigenvalue weighted by Crippen LogP contribution is -2.44. The summed E-state index contributed by atoms with van der Waals surface area (Å²) < 4.78 is 13.5. The lowest BCUT2D eigenvalue weighted by atomic mass is 9.53. The molecule has 0 amide bonds. The minimum Gasteiger partial charge on any atom is -0.236 e. The van der Waals surface area contributed by atoms with Crippen molar-refractivity contribution in [3.63, 3.8) is 0 Å². The summed E-state index contributed by atoms with van der Waals surface area (Å²) in [4.78, 5) is 8.55. The summed E-state index contributed by atoms with van der Waals surface area (Å²) >= 11 is 1.72. The zero-order chi connectivity index (χ0) is 16.4. The van der Waals surface area contributed by atoms with Crippen molar-refractivity contribution in [2.75, 3.05) is 5.75 Å². The van der Waals surface area contributed by atoms with E-state index in [2.05, 4.69) is 30.7 Å². The third kappa shape index (κ3) is 3.37. The van der Waals surface area contributed by atoms with Gasteiger partial charge in [-0.25, -0.2) is 14.4 Å². The predicted molar refractivity (Wildman–Crippen MR) is 95.1 cm³/mol. The van der Waals surface area contributed by atoms with Crippen LogP contribution < -0.4 is 0 Å². The van der Waals surface area contributed by atoms with E-state index in [-0.39, 0.29) is 5.82 Å². The maximum Gasteiger partial charge on any atom is 0.124 e. The number of nitrogens with zero attached hydrogens (tertiary/aromatic N) is 2. The van der Waals surface area contributed by atoms with Crippen molar-refractivity contribution in [2.24, 2.45) is 17.3 Å². The van der Waals surface area contributed by atoms with E-state index < -0.39 is 0 Å². The number of hydrogen-bond donors (Lipinski definition) is 0. The van der Waals surface area contributed by atoms with Crippen LogP contribution in [0.2, 0.25) is 0 Å². The minimum absolute atomic E-state index is 0.226. The fourth-order valence-electron chi connectivity index (χ4n) is 3.93. The van der Waals surface area contributed by atoms with Gasteiger partial charge in [0.1, 0.15) is 17.2 Å². The van der Waals surface area contributed by atoms with Crippen molar-refractivity contribution in [3.05, 3.63) is 30.3 Å². The fraction of sp³-hybridized carbons (Fsp3) is 0.579. The second-order valence-corrected chi connectivity index (χ2v) is 8.27. The van der Waals surface area contributed by atoms with E-state index in [1.807, 2.05) is 0 Å². The van der Waals surface area contributed by atoms with Crippen LogP contribution in [-0.2, 0) is 0 Å². The quantitative estimate of drug-likeness (QED) is 0.385. The molecule has 124 valence electrons. The number of thioether (sulfide) groups is 1. The molecule has 1 saturated carbocycles. The summed E-state index contributed by atoms with van der Waals surface area (Å²) in [6, 6.07) is 4.71. The molecule has 2 unspecified atom stereocenters. The normalized spacial score (nSPS) is 23.0. The van der Waals surface area contributed by atoms with E-state index in [4.69, 9.17) is 0 Å². The number of benzene rings is 1. The van der Waals surface area contributed by atoms with Crippen LogP contribution in [0.1, 0.15) is 46.5 Å². The van der Waals surface area contributed by atoms with Crippen molar-refractivity contribution >= 4 is 22.7 Å². The Kier molecular flexibility index (Phi) is 4.90. The summed E-state index contributed by atoms with van der Waals surface area (Å²) in [6.45, 7) is 7.14. The fourth-order valence-corrected chi connectivity index (χ4v) is 4.87. The summed E-state index contributed by atoms with van der Waals surface area (Å²) in [5.74, 6) is 2.56. The molecule has 0 spiro atoms. The molecule has 1 aromatic carbocycles. The molecule has 1 aromatic heterocycles. The smallest absolute Gasteiger partial charge is 0.124 e. The Bertz CT molecular complexity index is 686. The molecule has 3 rings (SSSR count). The van der Waals surface area contributed by atoms with Gasteiger partial charge in [0.2, 0.25) is 0 Å². The van der Waals surface area contributed by atoms with Crippen LogP contribution in [0.4, 0.5) is 4.39 Å². The molecule has 0 bridgehead atoms. The van der Waals surface area contributed by atoms with Crippen molar-refractivity contribution in [1.29, 1.82) is 0 Å². The van der Waals surface area contributed by atoms with Crippen LogP contribution in [0, 0.1) is 23.1 Å². The number of rotatable bonds is 6. The maximum atomic E-state index is 13.5. The van der Waals surface area contributed by atoms with Gasteiger partial charge in [0, 0.05) is 5.39 Å². The zero-order valence-electron chi connectivity index (χ0n) is 14.2. The van der Waals surface area contributed by atoms with Crippen molar-refractivity contribution in [3.8, 4) is 0 Å². The number of aromatic nitrogens is 2. The molecular formula is C19H25FN2S. The summed E-state index contributed by atoms with van der Waals surface area (Å²) in [5, 5.41) is 1.72. The van der Waals surface area contributed by atoms with Gasteiger partial charge in [-0.15, -0.1) is 11.8 Å². The predicted octanol–water partition coefficient (Wildman–Crippen LogP) is 5.71. The van der Waals surface area contributed by atoms with Gasteiger partial charge >= 0.3 is 0 Å². The monoisotopic (exact) mass is 332 g/mol. The largest absolute Gasteiger partial charge is 0.236 e. The Balaban J connectivity index is 1.55. The van der Waals surface area contributed by atoms with Gasteiger partial charge in [-0.1, -0.05) is 27.2 Å². The topological polar surface area (TPSA) is 25.8 Å². The lowest BCUT2D eigenvalue weighted by molar-refractivity contribution is -0.0274. The van der Waals surface area contributed by atoms with Gasteiger partial charge in [0.05, 0.1) is 5.52 Å². The molecular weight excluding hydrogens is 307 g/mol. The average Bonchev–Trinajstić information content (AvgIpc) is 2.53. The van der Waals surface area contributed by atoms with E-state index in [0.717, 1.165) is 33.5 Å². The highest BCUT2D eigenvalue weighted by atomic mass is 32.2. The maximum absolute atomic E-state index is 13.5. The molecule has 2 nitrogen and oxygen atoms in total. The standard InChI is InChI=1S/C19H25FN2S/c1-4-13-10-14(19(13,2)3)6-5-9-23-18-16-11-15(20)7-8-17(16)21-12-22-18/h7-8,11-14H,4-6,9-10H2,1-3H3. The molecule has 4 heteroatoms. The molecule has 1 fully saturated rings. The first-order valence-corrected chi connectivity index (χ1v) is 9.54. The molecule has 2 atom stereocenters. The van der Waals surface area contributed by atoms with Gasteiger partial charge in [0.25, 0.3) is 0 Å². The Morgan fingerprint density at radius 3 is 2.83 bits per heavy atom.